The predicted octanol–water partition coefficient (Wildman–Crippen LogP) is 3.29. The van der Waals surface area contributed by atoms with Gasteiger partial charge in [-0.2, -0.15) is 13.2 Å². The van der Waals surface area contributed by atoms with Gasteiger partial charge in [-0.25, -0.2) is 4.99 Å². The first kappa shape index (κ1) is 17.1. The van der Waals surface area contributed by atoms with E-state index in [0.29, 0.717) is 18.7 Å². The molecule has 0 radical (unpaired) electrons. The first-order valence-electron chi connectivity index (χ1n) is 7.85. The minimum Gasteiger partial charge on any atom is -0.493 e. The molecule has 2 aromatic carbocycles. The Kier molecular flexibility index (Phi) is 4.83. The highest BCUT2D eigenvalue weighted by Crippen LogP contribution is 2.32. The fourth-order valence-electron chi connectivity index (χ4n) is 2.70. The number of ether oxygens (including phenoxy) is 1. The van der Waals surface area contributed by atoms with Crippen LogP contribution in [0.5, 0.6) is 5.75 Å². The van der Waals surface area contributed by atoms with E-state index in [4.69, 9.17) is 10.5 Å². The molecule has 0 aliphatic carbocycles. The van der Waals surface area contributed by atoms with Gasteiger partial charge in [0.1, 0.15) is 5.75 Å². The molecule has 0 saturated carbocycles. The molecular weight excluding hydrogens is 331 g/mol. The van der Waals surface area contributed by atoms with Gasteiger partial charge in [-0.1, -0.05) is 30.3 Å². The maximum absolute atomic E-state index is 12.7. The maximum atomic E-state index is 12.7. The van der Waals surface area contributed by atoms with Gasteiger partial charge in [-0.15, -0.1) is 0 Å². The number of rotatable bonds is 4. The Morgan fingerprint density at radius 2 is 2.00 bits per heavy atom. The van der Waals surface area contributed by atoms with Crippen LogP contribution in [0.15, 0.2) is 53.5 Å². The molecule has 1 aliphatic heterocycles. The number of nitrogens with one attached hydrogen (secondary N) is 1. The molecule has 1 unspecified atom stereocenters. The third kappa shape index (κ3) is 4.23. The summed E-state index contributed by atoms with van der Waals surface area (Å²) in [5.41, 5.74) is 6.70. The van der Waals surface area contributed by atoms with Crippen molar-refractivity contribution in [3.05, 3.63) is 65.2 Å². The highest BCUT2D eigenvalue weighted by Gasteiger charge is 2.30. The van der Waals surface area contributed by atoms with E-state index in [2.05, 4.69) is 10.3 Å². The molecule has 4 nitrogen and oxygen atoms in total. The van der Waals surface area contributed by atoms with Crippen LogP contribution in [-0.4, -0.2) is 19.1 Å². The van der Waals surface area contributed by atoms with Crippen molar-refractivity contribution in [2.75, 3.05) is 13.2 Å². The minimum atomic E-state index is -4.36. The third-order valence-corrected chi connectivity index (χ3v) is 4.01. The Bertz CT molecular complexity index is 774. The summed E-state index contributed by atoms with van der Waals surface area (Å²) < 4.78 is 43.7. The zero-order valence-corrected chi connectivity index (χ0v) is 13.4. The van der Waals surface area contributed by atoms with Crippen LogP contribution in [0.4, 0.5) is 13.2 Å². The van der Waals surface area contributed by atoms with Gasteiger partial charge in [-0.05, 0) is 23.8 Å². The molecule has 0 bridgehead atoms. The van der Waals surface area contributed by atoms with Crippen molar-refractivity contribution in [3.8, 4) is 5.75 Å². The second-order valence-corrected chi connectivity index (χ2v) is 5.83. The van der Waals surface area contributed by atoms with Gasteiger partial charge in [0.15, 0.2) is 5.96 Å². The van der Waals surface area contributed by atoms with Crippen molar-refractivity contribution >= 4 is 5.96 Å². The molecule has 0 spiro atoms. The third-order valence-electron chi connectivity index (χ3n) is 4.01. The number of nitrogens with two attached hydrogens (primary N) is 1. The summed E-state index contributed by atoms with van der Waals surface area (Å²) in [5.74, 6) is 1.23. The fourth-order valence-corrected chi connectivity index (χ4v) is 2.70. The normalized spacial score (nSPS) is 17.1. The Hall–Kier alpha value is -2.70. The van der Waals surface area contributed by atoms with Crippen LogP contribution in [0.25, 0.3) is 0 Å². The standard InChI is InChI=1S/C18H18F3N3O/c19-18(20,21)14-5-3-4-12(8-14)9-23-17(22)24-10-13-11-25-16-7-2-1-6-15(13)16/h1-8,13H,9-11H2,(H3,22,23,24). The molecule has 0 aromatic heterocycles. The monoisotopic (exact) mass is 349 g/mol. The van der Waals surface area contributed by atoms with E-state index >= 15 is 0 Å². The first-order valence-corrected chi connectivity index (χ1v) is 7.85. The van der Waals surface area contributed by atoms with E-state index in [-0.39, 0.29) is 18.4 Å². The summed E-state index contributed by atoms with van der Waals surface area (Å²) in [6.07, 6.45) is -4.36. The SMILES string of the molecule is NC(=NCc1cccc(C(F)(F)F)c1)NCC1COc2ccccc21. The lowest BCUT2D eigenvalue weighted by Crippen LogP contribution is -2.35. The molecule has 0 amide bonds. The highest BCUT2D eigenvalue weighted by molar-refractivity contribution is 5.77. The molecule has 0 fully saturated rings. The molecule has 3 rings (SSSR count). The lowest BCUT2D eigenvalue weighted by atomic mass is 10.0. The van der Waals surface area contributed by atoms with Gasteiger partial charge in [0, 0.05) is 18.0 Å². The van der Waals surface area contributed by atoms with Crippen molar-refractivity contribution in [2.45, 2.75) is 18.6 Å². The van der Waals surface area contributed by atoms with Crippen LogP contribution in [0, 0.1) is 0 Å². The lowest BCUT2D eigenvalue weighted by molar-refractivity contribution is -0.137. The average molecular weight is 349 g/mol. The highest BCUT2D eigenvalue weighted by atomic mass is 19.4. The van der Waals surface area contributed by atoms with Crippen molar-refractivity contribution in [3.63, 3.8) is 0 Å². The summed E-state index contributed by atoms with van der Waals surface area (Å²) in [7, 11) is 0. The summed E-state index contributed by atoms with van der Waals surface area (Å²) in [6.45, 7) is 1.20. The van der Waals surface area contributed by atoms with Gasteiger partial charge in [0.05, 0.1) is 18.7 Å². The van der Waals surface area contributed by atoms with Crippen molar-refractivity contribution < 1.29 is 17.9 Å². The second-order valence-electron chi connectivity index (χ2n) is 5.83. The van der Waals surface area contributed by atoms with Gasteiger partial charge in [0.25, 0.3) is 0 Å². The van der Waals surface area contributed by atoms with E-state index in [1.807, 2.05) is 24.3 Å². The topological polar surface area (TPSA) is 59.6 Å². The molecule has 2 aromatic rings. The summed E-state index contributed by atoms with van der Waals surface area (Å²) in [5, 5.41) is 3.01. The van der Waals surface area contributed by atoms with Crippen LogP contribution in [0.3, 0.4) is 0 Å². The Labute approximate surface area is 143 Å². The Balaban J connectivity index is 1.57. The van der Waals surface area contributed by atoms with E-state index in [0.717, 1.165) is 23.4 Å². The lowest BCUT2D eigenvalue weighted by Gasteiger charge is -2.11. The van der Waals surface area contributed by atoms with Crippen LogP contribution in [0.2, 0.25) is 0 Å². The molecule has 1 atom stereocenters. The average Bonchev–Trinajstić information content (AvgIpc) is 3.01. The quantitative estimate of drug-likeness (QED) is 0.658. The van der Waals surface area contributed by atoms with Gasteiger partial charge < -0.3 is 15.8 Å². The van der Waals surface area contributed by atoms with E-state index in [9.17, 15) is 13.2 Å². The number of fused-ring (bicyclic) bond motifs is 1. The van der Waals surface area contributed by atoms with E-state index < -0.39 is 11.7 Å². The van der Waals surface area contributed by atoms with E-state index in [1.54, 1.807) is 6.07 Å². The van der Waals surface area contributed by atoms with Crippen molar-refractivity contribution in [2.24, 2.45) is 10.7 Å². The Morgan fingerprint density at radius 1 is 1.20 bits per heavy atom. The van der Waals surface area contributed by atoms with Gasteiger partial charge >= 0.3 is 6.18 Å². The zero-order valence-electron chi connectivity index (χ0n) is 13.4. The molecule has 0 saturated heterocycles. The van der Waals surface area contributed by atoms with Crippen LogP contribution in [-0.2, 0) is 12.7 Å². The predicted molar refractivity (Wildman–Crippen MR) is 89.5 cm³/mol. The maximum Gasteiger partial charge on any atom is 0.416 e. The summed E-state index contributed by atoms with van der Waals surface area (Å²) in [6, 6.07) is 12.9. The zero-order chi connectivity index (χ0) is 17.9. The number of nitrogens with zero attached hydrogens (tertiary/aromatic N) is 1. The molecule has 25 heavy (non-hydrogen) atoms. The molecule has 132 valence electrons. The number of halogens is 3. The van der Waals surface area contributed by atoms with Gasteiger partial charge in [-0.3, -0.25) is 0 Å². The van der Waals surface area contributed by atoms with E-state index in [1.165, 1.54) is 6.07 Å². The number of alkyl halides is 3. The number of aliphatic imine (C=N–C) groups is 1. The number of hydrogen-bond donors (Lipinski definition) is 2. The summed E-state index contributed by atoms with van der Waals surface area (Å²) >= 11 is 0. The fraction of sp³-hybridized carbons (Fsp3) is 0.278. The number of benzene rings is 2. The van der Waals surface area contributed by atoms with Crippen molar-refractivity contribution in [1.29, 1.82) is 0 Å². The molecule has 1 aliphatic rings. The minimum absolute atomic E-state index is 0.0838. The van der Waals surface area contributed by atoms with Crippen LogP contribution >= 0.6 is 0 Å². The van der Waals surface area contributed by atoms with Crippen molar-refractivity contribution in [1.82, 2.24) is 5.32 Å². The number of hydrogen-bond acceptors (Lipinski definition) is 2. The van der Waals surface area contributed by atoms with Crippen LogP contribution < -0.4 is 15.8 Å². The Morgan fingerprint density at radius 3 is 2.80 bits per heavy atom. The number of para-hydroxylation sites is 1. The molecular formula is C18H18F3N3O. The molecule has 3 N–H and O–H groups in total. The molecule has 7 heteroatoms. The van der Waals surface area contributed by atoms with Gasteiger partial charge in [0.2, 0.25) is 0 Å². The van der Waals surface area contributed by atoms with Crippen LogP contribution in [0.1, 0.15) is 22.6 Å². The summed E-state index contributed by atoms with van der Waals surface area (Å²) in [4.78, 5) is 4.11. The second kappa shape index (κ2) is 7.04. The first-order chi connectivity index (χ1) is 11.9. The molecule has 1 heterocycles. The number of guanidine groups is 1. The smallest absolute Gasteiger partial charge is 0.416 e. The largest absolute Gasteiger partial charge is 0.493 e.